The predicted molar refractivity (Wildman–Crippen MR) is 88.3 cm³/mol. The van der Waals surface area contributed by atoms with Crippen molar-refractivity contribution in [2.24, 2.45) is 5.41 Å². The quantitative estimate of drug-likeness (QED) is 0.553. The number of nitrogens with one attached hydrogen (secondary N) is 1. The van der Waals surface area contributed by atoms with Gasteiger partial charge in [-0.25, -0.2) is 0 Å². The van der Waals surface area contributed by atoms with Crippen LogP contribution in [-0.4, -0.2) is 80.9 Å². The Morgan fingerprint density at radius 2 is 1.71 bits per heavy atom. The molecule has 2 heterocycles. The molecular formula is C17H29N3O4. The first kappa shape index (κ1) is 17.6. The van der Waals surface area contributed by atoms with E-state index in [0.29, 0.717) is 58.5 Å². The highest BCUT2D eigenvalue weighted by Crippen LogP contribution is 2.48. The number of ether oxygens (including phenoxy) is 2. The monoisotopic (exact) mass is 339 g/mol. The number of hydrogen-bond acceptors (Lipinski definition) is 5. The van der Waals surface area contributed by atoms with E-state index in [-0.39, 0.29) is 11.8 Å². The van der Waals surface area contributed by atoms with Gasteiger partial charge in [0.1, 0.15) is 5.41 Å². The van der Waals surface area contributed by atoms with Crippen LogP contribution in [0.25, 0.3) is 0 Å². The van der Waals surface area contributed by atoms with E-state index in [1.807, 2.05) is 19.0 Å². The van der Waals surface area contributed by atoms with Crippen LogP contribution < -0.4 is 5.32 Å². The summed E-state index contributed by atoms with van der Waals surface area (Å²) in [5, 5.41) is 2.95. The Morgan fingerprint density at radius 1 is 1.08 bits per heavy atom. The Labute approximate surface area is 143 Å². The molecule has 7 nitrogen and oxygen atoms in total. The van der Waals surface area contributed by atoms with Crippen LogP contribution >= 0.6 is 0 Å². The molecule has 3 aliphatic rings. The Hall–Kier alpha value is -1.18. The van der Waals surface area contributed by atoms with Crippen molar-refractivity contribution in [3.05, 3.63) is 0 Å². The lowest BCUT2D eigenvalue weighted by Crippen LogP contribution is -2.52. The number of carbonyl (C=O) groups is 2. The first-order valence-electron chi connectivity index (χ1n) is 8.98. The summed E-state index contributed by atoms with van der Waals surface area (Å²) in [6.07, 6.45) is 3.61. The Morgan fingerprint density at radius 3 is 2.25 bits per heavy atom. The molecule has 0 atom stereocenters. The van der Waals surface area contributed by atoms with Gasteiger partial charge in [-0.2, -0.15) is 0 Å². The predicted octanol–water partition coefficient (Wildman–Crippen LogP) is 0.200. The second-order valence-corrected chi connectivity index (χ2v) is 7.39. The summed E-state index contributed by atoms with van der Waals surface area (Å²) in [6.45, 7) is 4.02. The number of piperidine rings is 1. The SMILES string of the molecule is CN(C)CCCNC(=O)C1(C(=O)N2CCC3(CC2)OCCO3)CC1. The maximum atomic E-state index is 12.8. The minimum atomic E-state index is -0.806. The lowest BCUT2D eigenvalue weighted by molar-refractivity contribution is -0.188. The van der Waals surface area contributed by atoms with E-state index in [4.69, 9.17) is 9.47 Å². The third-order valence-electron chi connectivity index (χ3n) is 5.29. The molecule has 0 aromatic heterocycles. The Bertz CT molecular complexity index is 474. The summed E-state index contributed by atoms with van der Waals surface area (Å²) in [6, 6.07) is 0. The van der Waals surface area contributed by atoms with Gasteiger partial charge in [0.05, 0.1) is 13.2 Å². The number of hydrogen-bond donors (Lipinski definition) is 1. The molecule has 1 saturated carbocycles. The first-order chi connectivity index (χ1) is 11.5. The minimum absolute atomic E-state index is 0.0135. The highest BCUT2D eigenvalue weighted by Gasteiger charge is 2.58. The topological polar surface area (TPSA) is 71.1 Å². The standard InChI is InChI=1S/C17H29N3O4/c1-19(2)9-3-8-18-14(21)16(4-5-16)15(22)20-10-6-17(7-11-20)23-12-13-24-17/h3-13H2,1-2H3,(H,18,21). The third kappa shape index (κ3) is 3.58. The molecule has 2 saturated heterocycles. The second kappa shape index (κ2) is 6.98. The van der Waals surface area contributed by atoms with Gasteiger partial charge in [-0.3, -0.25) is 9.59 Å². The van der Waals surface area contributed by atoms with E-state index in [9.17, 15) is 9.59 Å². The van der Waals surface area contributed by atoms with Crippen molar-refractivity contribution >= 4 is 11.8 Å². The molecule has 0 aromatic rings. The molecule has 3 fully saturated rings. The zero-order valence-corrected chi connectivity index (χ0v) is 14.8. The van der Waals surface area contributed by atoms with Crippen molar-refractivity contribution in [1.82, 2.24) is 15.1 Å². The van der Waals surface area contributed by atoms with Gasteiger partial charge in [0.15, 0.2) is 5.79 Å². The van der Waals surface area contributed by atoms with Crippen LogP contribution in [0.5, 0.6) is 0 Å². The first-order valence-corrected chi connectivity index (χ1v) is 8.98. The summed E-state index contributed by atoms with van der Waals surface area (Å²) in [4.78, 5) is 29.2. The van der Waals surface area contributed by atoms with Crippen LogP contribution in [0.15, 0.2) is 0 Å². The minimum Gasteiger partial charge on any atom is -0.355 e. The smallest absolute Gasteiger partial charge is 0.238 e. The molecule has 2 aliphatic heterocycles. The van der Waals surface area contributed by atoms with Gasteiger partial charge in [-0.05, 0) is 39.9 Å². The van der Waals surface area contributed by atoms with E-state index >= 15 is 0 Å². The number of amides is 2. The van der Waals surface area contributed by atoms with Gasteiger partial charge < -0.3 is 24.6 Å². The zero-order valence-electron chi connectivity index (χ0n) is 14.8. The molecule has 1 aliphatic carbocycles. The summed E-state index contributed by atoms with van der Waals surface area (Å²) in [5.41, 5.74) is -0.806. The lowest BCUT2D eigenvalue weighted by Gasteiger charge is -2.38. The van der Waals surface area contributed by atoms with E-state index < -0.39 is 11.2 Å². The molecule has 24 heavy (non-hydrogen) atoms. The number of rotatable bonds is 6. The van der Waals surface area contributed by atoms with Crippen LogP contribution in [0, 0.1) is 5.41 Å². The van der Waals surface area contributed by atoms with E-state index in [2.05, 4.69) is 10.2 Å². The highest BCUT2D eigenvalue weighted by atomic mass is 16.7. The van der Waals surface area contributed by atoms with Crippen molar-refractivity contribution in [3.63, 3.8) is 0 Å². The molecule has 1 N–H and O–H groups in total. The van der Waals surface area contributed by atoms with Crippen LogP contribution in [0.4, 0.5) is 0 Å². The van der Waals surface area contributed by atoms with Gasteiger partial charge in [-0.15, -0.1) is 0 Å². The van der Waals surface area contributed by atoms with Gasteiger partial charge in [0.2, 0.25) is 11.8 Å². The molecule has 0 radical (unpaired) electrons. The van der Waals surface area contributed by atoms with Crippen molar-refractivity contribution in [2.45, 2.75) is 37.9 Å². The van der Waals surface area contributed by atoms with Crippen LogP contribution in [0.2, 0.25) is 0 Å². The molecule has 0 bridgehead atoms. The number of nitrogens with zero attached hydrogens (tertiary/aromatic N) is 2. The van der Waals surface area contributed by atoms with E-state index in [0.717, 1.165) is 13.0 Å². The van der Waals surface area contributed by atoms with Crippen molar-refractivity contribution in [2.75, 3.05) is 53.5 Å². The fourth-order valence-electron chi connectivity index (χ4n) is 3.57. The van der Waals surface area contributed by atoms with Gasteiger partial charge in [0, 0.05) is 32.5 Å². The lowest BCUT2D eigenvalue weighted by atomic mass is 9.98. The normalized spacial score (nSPS) is 24.4. The molecule has 136 valence electrons. The maximum absolute atomic E-state index is 12.8. The average molecular weight is 339 g/mol. The molecule has 0 aromatic carbocycles. The Kier molecular flexibility index (Phi) is 5.13. The summed E-state index contributed by atoms with van der Waals surface area (Å²) in [5.74, 6) is -0.595. The van der Waals surface area contributed by atoms with Crippen molar-refractivity contribution < 1.29 is 19.1 Å². The molecular weight excluding hydrogens is 310 g/mol. The number of likely N-dealkylation sites (tertiary alicyclic amines) is 1. The average Bonchev–Trinajstić information content (AvgIpc) is 3.27. The third-order valence-corrected chi connectivity index (χ3v) is 5.29. The highest BCUT2D eigenvalue weighted by molar-refractivity contribution is 6.07. The van der Waals surface area contributed by atoms with Crippen LogP contribution in [0.3, 0.4) is 0 Å². The molecule has 0 unspecified atom stereocenters. The number of carbonyl (C=O) groups excluding carboxylic acids is 2. The summed E-state index contributed by atoms with van der Waals surface area (Å²) >= 11 is 0. The van der Waals surface area contributed by atoms with Gasteiger partial charge in [-0.1, -0.05) is 0 Å². The van der Waals surface area contributed by atoms with E-state index in [1.165, 1.54) is 0 Å². The fraction of sp³-hybridized carbons (Fsp3) is 0.882. The fourth-order valence-corrected chi connectivity index (χ4v) is 3.57. The van der Waals surface area contributed by atoms with Crippen molar-refractivity contribution in [3.8, 4) is 0 Å². The summed E-state index contributed by atoms with van der Waals surface area (Å²) < 4.78 is 11.4. The molecule has 3 rings (SSSR count). The van der Waals surface area contributed by atoms with Gasteiger partial charge >= 0.3 is 0 Å². The van der Waals surface area contributed by atoms with Crippen molar-refractivity contribution in [1.29, 1.82) is 0 Å². The maximum Gasteiger partial charge on any atom is 0.238 e. The largest absolute Gasteiger partial charge is 0.355 e. The Balaban J connectivity index is 1.48. The van der Waals surface area contributed by atoms with Gasteiger partial charge in [0.25, 0.3) is 0 Å². The second-order valence-electron chi connectivity index (χ2n) is 7.39. The van der Waals surface area contributed by atoms with Crippen LogP contribution in [0.1, 0.15) is 32.1 Å². The summed E-state index contributed by atoms with van der Waals surface area (Å²) in [7, 11) is 4.02. The molecule has 1 spiro atoms. The molecule has 2 amide bonds. The van der Waals surface area contributed by atoms with E-state index in [1.54, 1.807) is 0 Å². The van der Waals surface area contributed by atoms with Crippen LogP contribution in [-0.2, 0) is 19.1 Å². The zero-order chi connectivity index (χ0) is 17.2. The molecule has 7 heteroatoms.